The number of urea groups is 1. The molecule has 2 amide bonds. The fourth-order valence-electron chi connectivity index (χ4n) is 1.75. The van der Waals surface area contributed by atoms with Gasteiger partial charge in [0, 0.05) is 26.1 Å². The number of aliphatic carboxylic acids is 1. The molecule has 1 fully saturated rings. The fourth-order valence-corrected chi connectivity index (χ4v) is 1.75. The molecule has 0 radical (unpaired) electrons. The first-order valence-electron chi connectivity index (χ1n) is 5.99. The summed E-state index contributed by atoms with van der Waals surface area (Å²) in [5, 5.41) is 22.6. The van der Waals surface area contributed by atoms with Gasteiger partial charge < -0.3 is 25.6 Å². The zero-order chi connectivity index (χ0) is 13.6. The molecule has 2 atom stereocenters. The topological polar surface area (TPSA) is 108 Å². The van der Waals surface area contributed by atoms with Crippen LogP contribution in [0.25, 0.3) is 0 Å². The standard InChI is InChI=1S/C11H20N2O5/c1-11(4-2-6-18-11)7-13-10(17)12-5-3-8(14)9(15)16/h8,14H,2-7H2,1H3,(H,15,16)(H2,12,13,17). The van der Waals surface area contributed by atoms with Crippen molar-refractivity contribution in [3.05, 3.63) is 0 Å². The molecule has 1 heterocycles. The Hall–Kier alpha value is -1.34. The number of hydrogen-bond acceptors (Lipinski definition) is 4. The van der Waals surface area contributed by atoms with Crippen molar-refractivity contribution in [1.29, 1.82) is 0 Å². The zero-order valence-corrected chi connectivity index (χ0v) is 10.4. The van der Waals surface area contributed by atoms with Gasteiger partial charge in [-0.25, -0.2) is 9.59 Å². The molecule has 0 aromatic rings. The second kappa shape index (κ2) is 6.55. The number of nitrogens with one attached hydrogen (secondary N) is 2. The Labute approximate surface area is 106 Å². The van der Waals surface area contributed by atoms with E-state index in [-0.39, 0.29) is 24.6 Å². The number of carboxylic acids is 1. The Bertz CT molecular complexity index is 302. The first kappa shape index (κ1) is 14.7. The number of carbonyl (C=O) groups is 2. The molecule has 1 aliphatic heterocycles. The van der Waals surface area contributed by atoms with Gasteiger partial charge in [-0.15, -0.1) is 0 Å². The molecule has 1 rings (SSSR count). The largest absolute Gasteiger partial charge is 0.479 e. The number of amides is 2. The predicted octanol–water partition coefficient (Wildman–Crippen LogP) is -0.310. The van der Waals surface area contributed by atoms with Crippen molar-refractivity contribution in [3.63, 3.8) is 0 Å². The van der Waals surface area contributed by atoms with E-state index in [1.807, 2.05) is 6.92 Å². The average molecular weight is 260 g/mol. The Morgan fingerprint density at radius 3 is 2.72 bits per heavy atom. The third-order valence-electron chi connectivity index (χ3n) is 2.91. The number of rotatable bonds is 6. The molecule has 0 spiro atoms. The Morgan fingerprint density at radius 2 is 2.17 bits per heavy atom. The molecule has 1 aliphatic rings. The molecule has 18 heavy (non-hydrogen) atoms. The SMILES string of the molecule is CC1(CNC(=O)NCCC(O)C(=O)O)CCCO1. The molecule has 7 nitrogen and oxygen atoms in total. The lowest BCUT2D eigenvalue weighted by atomic mass is 10.0. The van der Waals surface area contributed by atoms with Crippen LogP contribution in [0.4, 0.5) is 4.79 Å². The van der Waals surface area contributed by atoms with Crippen LogP contribution in [-0.2, 0) is 9.53 Å². The van der Waals surface area contributed by atoms with Crippen molar-refractivity contribution in [1.82, 2.24) is 10.6 Å². The molecule has 7 heteroatoms. The van der Waals surface area contributed by atoms with Crippen LogP contribution in [0.3, 0.4) is 0 Å². The molecule has 0 bridgehead atoms. The van der Waals surface area contributed by atoms with E-state index in [0.717, 1.165) is 12.8 Å². The molecule has 0 aromatic carbocycles. The Kier molecular flexibility index (Phi) is 5.36. The smallest absolute Gasteiger partial charge is 0.332 e. The summed E-state index contributed by atoms with van der Waals surface area (Å²) >= 11 is 0. The maximum atomic E-state index is 11.4. The predicted molar refractivity (Wildman–Crippen MR) is 63.3 cm³/mol. The monoisotopic (exact) mass is 260 g/mol. The molecule has 4 N–H and O–H groups in total. The first-order chi connectivity index (χ1) is 8.43. The highest BCUT2D eigenvalue weighted by Crippen LogP contribution is 2.23. The van der Waals surface area contributed by atoms with Crippen LogP contribution in [0.15, 0.2) is 0 Å². The number of hydrogen-bond donors (Lipinski definition) is 4. The second-order valence-electron chi connectivity index (χ2n) is 4.65. The second-order valence-corrected chi connectivity index (χ2v) is 4.65. The van der Waals surface area contributed by atoms with E-state index in [9.17, 15) is 9.59 Å². The molecule has 0 aromatic heterocycles. The van der Waals surface area contributed by atoms with Crippen molar-refractivity contribution < 1.29 is 24.5 Å². The van der Waals surface area contributed by atoms with Gasteiger partial charge in [0.15, 0.2) is 6.10 Å². The summed E-state index contributed by atoms with van der Waals surface area (Å²) in [5.74, 6) is -1.29. The van der Waals surface area contributed by atoms with Crippen LogP contribution in [0.1, 0.15) is 26.2 Å². The lowest BCUT2D eigenvalue weighted by molar-refractivity contribution is -0.146. The normalized spacial score (nSPS) is 24.6. The van der Waals surface area contributed by atoms with Gasteiger partial charge in [-0.2, -0.15) is 0 Å². The van der Waals surface area contributed by atoms with Crippen molar-refractivity contribution >= 4 is 12.0 Å². The van der Waals surface area contributed by atoms with Crippen LogP contribution in [0.2, 0.25) is 0 Å². The first-order valence-corrected chi connectivity index (χ1v) is 5.99. The molecule has 0 aliphatic carbocycles. The maximum Gasteiger partial charge on any atom is 0.332 e. The van der Waals surface area contributed by atoms with E-state index in [0.29, 0.717) is 13.2 Å². The summed E-state index contributed by atoms with van der Waals surface area (Å²) in [5.41, 5.74) is -0.308. The molecule has 0 saturated carbocycles. The minimum atomic E-state index is -1.44. The number of carboxylic acid groups (broad SMARTS) is 1. The van der Waals surface area contributed by atoms with E-state index in [1.165, 1.54) is 0 Å². The summed E-state index contributed by atoms with van der Waals surface area (Å²) in [6.45, 7) is 3.18. The Balaban J connectivity index is 2.12. The highest BCUT2D eigenvalue weighted by Gasteiger charge is 2.29. The van der Waals surface area contributed by atoms with Gasteiger partial charge in [0.25, 0.3) is 0 Å². The van der Waals surface area contributed by atoms with Gasteiger partial charge in [0.1, 0.15) is 0 Å². The summed E-state index contributed by atoms with van der Waals surface area (Å²) in [7, 11) is 0. The van der Waals surface area contributed by atoms with Crippen LogP contribution in [-0.4, -0.2) is 53.6 Å². The van der Waals surface area contributed by atoms with Crippen LogP contribution >= 0.6 is 0 Å². The van der Waals surface area contributed by atoms with Crippen molar-refractivity contribution in [3.8, 4) is 0 Å². The fraction of sp³-hybridized carbons (Fsp3) is 0.818. The minimum absolute atomic E-state index is 0.0173. The van der Waals surface area contributed by atoms with Crippen molar-refractivity contribution in [2.75, 3.05) is 19.7 Å². The number of carbonyl (C=O) groups excluding carboxylic acids is 1. The summed E-state index contributed by atoms with van der Waals surface area (Å²) < 4.78 is 5.50. The van der Waals surface area contributed by atoms with E-state index in [2.05, 4.69) is 10.6 Å². The van der Waals surface area contributed by atoms with Crippen LogP contribution < -0.4 is 10.6 Å². The summed E-state index contributed by atoms with van der Waals surface area (Å²) in [6, 6.07) is -0.385. The van der Waals surface area contributed by atoms with Gasteiger partial charge in [-0.1, -0.05) is 0 Å². The van der Waals surface area contributed by atoms with E-state index in [4.69, 9.17) is 14.9 Å². The van der Waals surface area contributed by atoms with E-state index < -0.39 is 12.1 Å². The van der Waals surface area contributed by atoms with E-state index >= 15 is 0 Å². The van der Waals surface area contributed by atoms with Crippen LogP contribution in [0.5, 0.6) is 0 Å². The minimum Gasteiger partial charge on any atom is -0.479 e. The van der Waals surface area contributed by atoms with Crippen molar-refractivity contribution in [2.45, 2.75) is 37.9 Å². The Morgan fingerprint density at radius 1 is 1.44 bits per heavy atom. The quantitative estimate of drug-likeness (QED) is 0.524. The van der Waals surface area contributed by atoms with Gasteiger partial charge in [-0.05, 0) is 19.8 Å². The number of aliphatic hydroxyl groups excluding tert-OH is 1. The van der Waals surface area contributed by atoms with Gasteiger partial charge in [-0.3, -0.25) is 0 Å². The molecule has 104 valence electrons. The molecule has 2 unspecified atom stereocenters. The van der Waals surface area contributed by atoms with Gasteiger partial charge >= 0.3 is 12.0 Å². The lowest BCUT2D eigenvalue weighted by Gasteiger charge is -2.23. The average Bonchev–Trinajstić information content (AvgIpc) is 2.74. The maximum absolute atomic E-state index is 11.4. The van der Waals surface area contributed by atoms with Crippen molar-refractivity contribution in [2.24, 2.45) is 0 Å². The summed E-state index contributed by atoms with van der Waals surface area (Å²) in [4.78, 5) is 21.7. The van der Waals surface area contributed by atoms with E-state index in [1.54, 1.807) is 0 Å². The zero-order valence-electron chi connectivity index (χ0n) is 10.4. The molecular weight excluding hydrogens is 240 g/mol. The lowest BCUT2D eigenvalue weighted by Crippen LogP contribution is -2.45. The highest BCUT2D eigenvalue weighted by molar-refractivity contribution is 5.74. The molecular formula is C11H20N2O5. The third kappa shape index (κ3) is 4.89. The van der Waals surface area contributed by atoms with Gasteiger partial charge in [0.05, 0.1) is 5.60 Å². The number of aliphatic hydroxyl groups is 1. The highest BCUT2D eigenvalue weighted by atomic mass is 16.5. The summed E-state index contributed by atoms with van der Waals surface area (Å²) in [6.07, 6.45) is 0.438. The number of ether oxygens (including phenoxy) is 1. The molecule has 1 saturated heterocycles. The van der Waals surface area contributed by atoms with Gasteiger partial charge in [0.2, 0.25) is 0 Å². The van der Waals surface area contributed by atoms with Crippen LogP contribution in [0, 0.1) is 0 Å². The third-order valence-corrected chi connectivity index (χ3v) is 2.91.